The van der Waals surface area contributed by atoms with Crippen LogP contribution in [0.1, 0.15) is 53.4 Å². The summed E-state index contributed by atoms with van der Waals surface area (Å²) in [6, 6.07) is -0.607. The van der Waals surface area contributed by atoms with Gasteiger partial charge in [-0.1, -0.05) is 6.42 Å². The molecule has 142 valence electrons. The van der Waals surface area contributed by atoms with Crippen LogP contribution in [0.4, 0.5) is 4.79 Å². The summed E-state index contributed by atoms with van der Waals surface area (Å²) in [5.41, 5.74) is -0.571. The number of unbranched alkanes of at least 4 members (excludes halogenated alkanes) is 3. The van der Waals surface area contributed by atoms with Crippen LogP contribution < -0.4 is 15.2 Å². The van der Waals surface area contributed by atoms with Crippen molar-refractivity contribution in [2.45, 2.75) is 71.6 Å². The van der Waals surface area contributed by atoms with Gasteiger partial charge in [-0.2, -0.15) is 0 Å². The van der Waals surface area contributed by atoms with Crippen LogP contribution in [0.25, 0.3) is 0 Å². The van der Waals surface area contributed by atoms with Gasteiger partial charge in [-0.05, 0) is 47.0 Å². The van der Waals surface area contributed by atoms with Crippen LogP contribution in [0, 0.1) is 0 Å². The van der Waals surface area contributed by atoms with Gasteiger partial charge in [-0.25, -0.2) is 13.9 Å². The van der Waals surface area contributed by atoms with Crippen molar-refractivity contribution in [2.75, 3.05) is 6.54 Å². The first-order valence-corrected chi connectivity index (χ1v) is 8.95. The van der Waals surface area contributed by atoms with Crippen molar-refractivity contribution in [1.29, 1.82) is 0 Å². The molecule has 1 aromatic heterocycles. The summed E-state index contributed by atoms with van der Waals surface area (Å²) in [5, 5.41) is 5.38. The first-order valence-electron chi connectivity index (χ1n) is 8.95. The summed E-state index contributed by atoms with van der Waals surface area (Å²) >= 11 is 0. The highest BCUT2D eigenvalue weighted by molar-refractivity contribution is 5.85. The van der Waals surface area contributed by atoms with Gasteiger partial charge >= 0.3 is 6.09 Å². The molecule has 0 spiro atoms. The molecule has 2 N–H and O–H groups in total. The second-order valence-electron chi connectivity index (χ2n) is 7.39. The Bertz CT molecular complexity index is 549. The van der Waals surface area contributed by atoms with Crippen molar-refractivity contribution in [1.82, 2.24) is 15.2 Å². The summed E-state index contributed by atoms with van der Waals surface area (Å²) in [7, 11) is 2.01. The molecule has 1 rings (SSSR count). The number of aryl methyl sites for hydroxylation is 2. The molecule has 0 aliphatic carbocycles. The summed E-state index contributed by atoms with van der Waals surface area (Å²) in [4.78, 5) is 23.6. The van der Waals surface area contributed by atoms with Gasteiger partial charge < -0.3 is 15.4 Å². The lowest BCUT2D eigenvalue weighted by molar-refractivity contribution is -0.671. The van der Waals surface area contributed by atoms with Gasteiger partial charge in [0.25, 0.3) is 0 Å². The average molecular weight is 353 g/mol. The zero-order chi connectivity index (χ0) is 18.9. The third-order valence-corrected chi connectivity index (χ3v) is 3.59. The molecular weight excluding hydrogens is 320 g/mol. The zero-order valence-corrected chi connectivity index (χ0v) is 16.2. The summed E-state index contributed by atoms with van der Waals surface area (Å²) in [5.74, 6) is -0.189. The van der Waals surface area contributed by atoms with Crippen LogP contribution in [0.5, 0.6) is 0 Å². The van der Waals surface area contributed by atoms with Crippen molar-refractivity contribution >= 4 is 12.0 Å². The van der Waals surface area contributed by atoms with E-state index in [1.54, 1.807) is 27.7 Å². The van der Waals surface area contributed by atoms with Gasteiger partial charge in [0.15, 0.2) is 0 Å². The van der Waals surface area contributed by atoms with E-state index >= 15 is 0 Å². The van der Waals surface area contributed by atoms with E-state index in [0.29, 0.717) is 6.54 Å². The van der Waals surface area contributed by atoms with Gasteiger partial charge in [0.05, 0.1) is 13.6 Å². The van der Waals surface area contributed by atoms with Crippen LogP contribution in [-0.2, 0) is 23.1 Å². The molecule has 1 heterocycles. The molecule has 0 radical (unpaired) electrons. The zero-order valence-electron chi connectivity index (χ0n) is 16.2. The Morgan fingerprint density at radius 3 is 2.48 bits per heavy atom. The number of nitrogens with zero attached hydrogens (tertiary/aromatic N) is 2. The minimum absolute atomic E-state index is 0.189. The van der Waals surface area contributed by atoms with Crippen molar-refractivity contribution < 1.29 is 18.9 Å². The van der Waals surface area contributed by atoms with Gasteiger partial charge in [0, 0.05) is 6.54 Å². The molecular formula is C18H33N4O3+. The van der Waals surface area contributed by atoms with Crippen molar-refractivity contribution in [3.63, 3.8) is 0 Å². The summed E-state index contributed by atoms with van der Waals surface area (Å²) < 4.78 is 9.34. The minimum Gasteiger partial charge on any atom is -0.444 e. The number of carbonyl (C=O) groups is 2. The predicted octanol–water partition coefficient (Wildman–Crippen LogP) is 1.90. The molecule has 0 saturated heterocycles. The fourth-order valence-corrected chi connectivity index (χ4v) is 2.32. The third kappa shape index (κ3) is 9.74. The maximum atomic E-state index is 11.9. The second-order valence-corrected chi connectivity index (χ2v) is 7.39. The Kier molecular flexibility index (Phi) is 8.45. The molecule has 25 heavy (non-hydrogen) atoms. The Morgan fingerprint density at radius 2 is 1.88 bits per heavy atom. The van der Waals surface area contributed by atoms with E-state index in [0.717, 1.165) is 32.2 Å². The molecule has 0 aliphatic rings. The molecule has 0 unspecified atom stereocenters. The van der Waals surface area contributed by atoms with Crippen molar-refractivity contribution in [3.05, 3.63) is 18.7 Å². The van der Waals surface area contributed by atoms with Gasteiger partial charge in [0.2, 0.25) is 12.2 Å². The topological polar surface area (TPSA) is 76.2 Å². The fraction of sp³-hybridized carbons (Fsp3) is 0.722. The van der Waals surface area contributed by atoms with Crippen molar-refractivity contribution in [3.8, 4) is 0 Å². The number of hydrogen-bond donors (Lipinski definition) is 2. The number of imidazole rings is 1. The number of carbonyl (C=O) groups excluding carboxylic acids is 2. The highest BCUT2D eigenvalue weighted by Gasteiger charge is 2.20. The lowest BCUT2D eigenvalue weighted by Crippen LogP contribution is -2.46. The highest BCUT2D eigenvalue weighted by atomic mass is 16.6. The number of ether oxygens (including phenoxy) is 1. The SMILES string of the molecule is C[C@H](NC(=O)OC(C)(C)C)C(=O)NCCCCCCn1cc[n+](C)c1. The van der Waals surface area contributed by atoms with Crippen molar-refractivity contribution in [2.24, 2.45) is 7.05 Å². The van der Waals surface area contributed by atoms with Crippen LogP contribution in [-0.4, -0.2) is 34.8 Å². The summed E-state index contributed by atoms with van der Waals surface area (Å²) in [6.45, 7) is 8.65. The molecule has 1 aromatic rings. The predicted molar refractivity (Wildman–Crippen MR) is 95.9 cm³/mol. The minimum atomic E-state index is -0.607. The maximum Gasteiger partial charge on any atom is 0.408 e. The third-order valence-electron chi connectivity index (χ3n) is 3.59. The Morgan fingerprint density at radius 1 is 1.20 bits per heavy atom. The van der Waals surface area contributed by atoms with E-state index in [9.17, 15) is 9.59 Å². The molecule has 0 saturated carbocycles. The number of rotatable bonds is 9. The largest absolute Gasteiger partial charge is 0.444 e. The molecule has 7 nitrogen and oxygen atoms in total. The van der Waals surface area contributed by atoms with E-state index in [4.69, 9.17) is 4.74 Å². The van der Waals surface area contributed by atoms with Crippen LogP contribution >= 0.6 is 0 Å². The molecule has 7 heteroatoms. The first-order chi connectivity index (χ1) is 11.7. The normalized spacial score (nSPS) is 12.5. The second kappa shape index (κ2) is 10.1. The Labute approximate surface area is 150 Å². The monoisotopic (exact) mass is 353 g/mol. The number of alkyl carbamates (subject to hydrolysis) is 1. The fourth-order valence-electron chi connectivity index (χ4n) is 2.32. The molecule has 0 bridgehead atoms. The molecule has 0 aliphatic heterocycles. The molecule has 0 fully saturated rings. The molecule has 0 aromatic carbocycles. The van der Waals surface area contributed by atoms with E-state index < -0.39 is 17.7 Å². The quantitative estimate of drug-likeness (QED) is 0.526. The smallest absolute Gasteiger partial charge is 0.408 e. The van der Waals surface area contributed by atoms with Crippen LogP contribution in [0.2, 0.25) is 0 Å². The van der Waals surface area contributed by atoms with Crippen LogP contribution in [0.15, 0.2) is 18.7 Å². The number of aromatic nitrogens is 2. The van der Waals surface area contributed by atoms with E-state index in [1.165, 1.54) is 0 Å². The number of nitrogens with one attached hydrogen (secondary N) is 2. The lowest BCUT2D eigenvalue weighted by Gasteiger charge is -2.21. The molecule has 1 atom stereocenters. The maximum absolute atomic E-state index is 11.9. The molecule has 2 amide bonds. The number of hydrogen-bond acceptors (Lipinski definition) is 3. The van der Waals surface area contributed by atoms with Gasteiger partial charge in [0.1, 0.15) is 24.0 Å². The number of amides is 2. The Hall–Kier alpha value is -2.05. The first kappa shape index (κ1) is 21.0. The van der Waals surface area contributed by atoms with Gasteiger partial charge in [-0.15, -0.1) is 0 Å². The average Bonchev–Trinajstić information content (AvgIpc) is 2.89. The Balaban J connectivity index is 2.06. The standard InChI is InChI=1S/C18H32N4O3/c1-15(20-17(24)25-18(2,3)4)16(23)19-10-8-6-7-9-11-22-13-12-21(5)14-22/h12-15H,6-11H2,1-5H3,(H-,19,20,23,24)/p+1/t15-/m0/s1. The van der Waals surface area contributed by atoms with E-state index in [-0.39, 0.29) is 5.91 Å². The van der Waals surface area contributed by atoms with E-state index in [1.807, 2.05) is 17.8 Å². The lowest BCUT2D eigenvalue weighted by atomic mass is 10.2. The van der Waals surface area contributed by atoms with E-state index in [2.05, 4.69) is 27.7 Å². The van der Waals surface area contributed by atoms with Gasteiger partial charge in [-0.3, -0.25) is 4.79 Å². The highest BCUT2D eigenvalue weighted by Crippen LogP contribution is 2.06. The summed E-state index contributed by atoms with van der Waals surface area (Å²) in [6.07, 6.45) is 9.85. The van der Waals surface area contributed by atoms with Crippen LogP contribution in [0.3, 0.4) is 0 Å².